The van der Waals surface area contributed by atoms with Gasteiger partial charge in [0.05, 0.1) is 11.6 Å². The van der Waals surface area contributed by atoms with E-state index >= 15 is 0 Å². The fraction of sp³-hybridized carbons (Fsp3) is 0.353. The lowest BCUT2D eigenvalue weighted by molar-refractivity contribution is -0.120. The maximum atomic E-state index is 13.0. The van der Waals surface area contributed by atoms with Crippen molar-refractivity contribution < 1.29 is 4.79 Å². The summed E-state index contributed by atoms with van der Waals surface area (Å²) in [4.78, 5) is 23.6. The summed E-state index contributed by atoms with van der Waals surface area (Å²) in [6.45, 7) is 0.762. The van der Waals surface area contributed by atoms with Crippen LogP contribution < -0.4 is 4.90 Å². The van der Waals surface area contributed by atoms with Crippen LogP contribution in [0.3, 0.4) is 0 Å². The lowest BCUT2D eigenvalue weighted by Crippen LogP contribution is -2.35. The Labute approximate surface area is 123 Å². The van der Waals surface area contributed by atoms with Crippen LogP contribution in [0.4, 0.5) is 5.69 Å². The van der Waals surface area contributed by atoms with E-state index in [1.54, 1.807) is 12.4 Å². The molecule has 21 heavy (non-hydrogen) atoms. The third-order valence-electron chi connectivity index (χ3n) is 4.53. The van der Waals surface area contributed by atoms with Crippen molar-refractivity contribution in [3.63, 3.8) is 0 Å². The van der Waals surface area contributed by atoms with Gasteiger partial charge in [-0.15, -0.1) is 0 Å². The highest BCUT2D eigenvalue weighted by Gasteiger charge is 2.34. The molecule has 1 unspecified atom stereocenters. The zero-order valence-electron chi connectivity index (χ0n) is 11.8. The molecule has 2 aromatic rings. The number of carbonyl (C=O) groups is 1. The first-order chi connectivity index (χ1) is 10.3. The number of hydrogen-bond acceptors (Lipinski definition) is 3. The zero-order valence-corrected chi connectivity index (χ0v) is 11.8. The smallest absolute Gasteiger partial charge is 0.236 e. The molecule has 0 saturated carbocycles. The first kappa shape index (κ1) is 12.5. The molecule has 1 aliphatic carbocycles. The second kappa shape index (κ2) is 4.95. The maximum Gasteiger partial charge on any atom is 0.236 e. The number of hydrogen-bond donors (Lipinski definition) is 0. The Morgan fingerprint density at radius 3 is 3.10 bits per heavy atom. The molecule has 0 fully saturated rings. The molecule has 4 heteroatoms. The molecule has 3 heterocycles. The molecule has 1 atom stereocenters. The number of aryl methyl sites for hydroxylation is 1. The number of nitrogens with zero attached hydrogens (tertiary/aromatic N) is 3. The molecule has 0 bridgehead atoms. The molecule has 4 nitrogen and oxygen atoms in total. The van der Waals surface area contributed by atoms with Gasteiger partial charge in [-0.25, -0.2) is 0 Å². The van der Waals surface area contributed by atoms with Crippen molar-refractivity contribution in [2.45, 2.75) is 31.6 Å². The summed E-state index contributed by atoms with van der Waals surface area (Å²) < 4.78 is 0. The van der Waals surface area contributed by atoms with E-state index in [-0.39, 0.29) is 11.8 Å². The largest absolute Gasteiger partial charge is 0.311 e. The molecular weight excluding hydrogens is 262 g/mol. The summed E-state index contributed by atoms with van der Waals surface area (Å²) in [5.74, 6) is 0.105. The standard InChI is InChI=1S/C17H17N3O/c21-17(20-10-7-13-11-18-9-6-15(13)20)14-5-1-3-12-4-2-8-19-16(12)14/h2,4,6,8-9,11,14H,1,3,5,7,10H2. The number of amides is 1. The molecule has 4 rings (SSSR count). The Morgan fingerprint density at radius 2 is 2.14 bits per heavy atom. The van der Waals surface area contributed by atoms with Gasteiger partial charge in [0.1, 0.15) is 0 Å². The summed E-state index contributed by atoms with van der Waals surface area (Å²) in [6.07, 6.45) is 9.33. The summed E-state index contributed by atoms with van der Waals surface area (Å²) in [5.41, 5.74) is 4.41. The minimum absolute atomic E-state index is 0.0888. The van der Waals surface area contributed by atoms with E-state index in [9.17, 15) is 4.79 Å². The fourth-order valence-electron chi connectivity index (χ4n) is 3.50. The van der Waals surface area contributed by atoms with E-state index in [1.807, 2.05) is 23.2 Å². The Morgan fingerprint density at radius 1 is 1.19 bits per heavy atom. The van der Waals surface area contributed by atoms with Crippen LogP contribution >= 0.6 is 0 Å². The van der Waals surface area contributed by atoms with Gasteiger partial charge in [-0.1, -0.05) is 6.07 Å². The molecule has 2 aromatic heterocycles. The summed E-state index contributed by atoms with van der Waals surface area (Å²) in [7, 11) is 0. The molecule has 1 aliphatic heterocycles. The van der Waals surface area contributed by atoms with Crippen molar-refractivity contribution in [1.29, 1.82) is 0 Å². The number of fused-ring (bicyclic) bond motifs is 2. The molecule has 0 aromatic carbocycles. The van der Waals surface area contributed by atoms with Crippen molar-refractivity contribution >= 4 is 11.6 Å². The van der Waals surface area contributed by atoms with E-state index in [4.69, 9.17) is 0 Å². The predicted octanol–water partition coefficient (Wildman–Crippen LogP) is 2.49. The summed E-state index contributed by atoms with van der Waals surface area (Å²) in [6, 6.07) is 6.01. The molecule has 0 saturated heterocycles. The van der Waals surface area contributed by atoms with Gasteiger partial charge in [-0.2, -0.15) is 0 Å². The van der Waals surface area contributed by atoms with E-state index in [0.29, 0.717) is 0 Å². The van der Waals surface area contributed by atoms with Crippen LogP contribution in [0.5, 0.6) is 0 Å². The van der Waals surface area contributed by atoms with Crippen LogP contribution in [0.1, 0.15) is 35.6 Å². The van der Waals surface area contributed by atoms with Gasteiger partial charge >= 0.3 is 0 Å². The Kier molecular flexibility index (Phi) is 2.95. The van der Waals surface area contributed by atoms with Gasteiger partial charge in [-0.3, -0.25) is 14.8 Å². The Hall–Kier alpha value is -2.23. The van der Waals surface area contributed by atoms with Crippen LogP contribution in [0.25, 0.3) is 0 Å². The van der Waals surface area contributed by atoms with Crippen molar-refractivity contribution in [1.82, 2.24) is 9.97 Å². The second-order valence-corrected chi connectivity index (χ2v) is 5.74. The highest BCUT2D eigenvalue weighted by molar-refractivity contribution is 5.99. The van der Waals surface area contributed by atoms with Gasteiger partial charge in [0.2, 0.25) is 5.91 Å². The van der Waals surface area contributed by atoms with Crippen LogP contribution in [-0.2, 0) is 17.6 Å². The van der Waals surface area contributed by atoms with E-state index in [2.05, 4.69) is 16.0 Å². The quantitative estimate of drug-likeness (QED) is 0.805. The molecule has 106 valence electrons. The average Bonchev–Trinajstić information content (AvgIpc) is 2.98. The minimum atomic E-state index is -0.0888. The second-order valence-electron chi connectivity index (χ2n) is 5.74. The van der Waals surface area contributed by atoms with Crippen molar-refractivity contribution in [2.75, 3.05) is 11.4 Å². The van der Waals surface area contributed by atoms with Crippen LogP contribution in [0.2, 0.25) is 0 Å². The molecule has 1 amide bonds. The van der Waals surface area contributed by atoms with Gasteiger partial charge in [0, 0.05) is 30.8 Å². The molecule has 0 radical (unpaired) electrons. The van der Waals surface area contributed by atoms with Crippen LogP contribution in [-0.4, -0.2) is 22.4 Å². The Balaban J connectivity index is 1.68. The first-order valence-electron chi connectivity index (χ1n) is 7.52. The van der Waals surface area contributed by atoms with Crippen LogP contribution in [0.15, 0.2) is 36.8 Å². The van der Waals surface area contributed by atoms with Gasteiger partial charge < -0.3 is 4.90 Å². The van der Waals surface area contributed by atoms with Crippen molar-refractivity contribution in [2.24, 2.45) is 0 Å². The average molecular weight is 279 g/mol. The van der Waals surface area contributed by atoms with Gasteiger partial charge in [-0.05, 0) is 48.9 Å². The molecular formula is C17H17N3O. The summed E-state index contributed by atoms with van der Waals surface area (Å²) >= 11 is 0. The minimum Gasteiger partial charge on any atom is -0.311 e. The van der Waals surface area contributed by atoms with Gasteiger partial charge in [0.15, 0.2) is 0 Å². The lowest BCUT2D eigenvalue weighted by atomic mass is 9.85. The fourth-order valence-corrected chi connectivity index (χ4v) is 3.50. The summed E-state index contributed by atoms with van der Waals surface area (Å²) in [5, 5.41) is 0. The van der Waals surface area contributed by atoms with E-state index in [0.717, 1.165) is 43.6 Å². The number of pyridine rings is 2. The lowest BCUT2D eigenvalue weighted by Gasteiger charge is -2.27. The third-order valence-corrected chi connectivity index (χ3v) is 4.53. The van der Waals surface area contributed by atoms with Crippen LogP contribution in [0, 0.1) is 0 Å². The zero-order chi connectivity index (χ0) is 14.2. The number of anilines is 1. The number of carbonyl (C=O) groups excluding carboxylic acids is 1. The molecule has 0 N–H and O–H groups in total. The van der Waals surface area contributed by atoms with Crippen molar-refractivity contribution in [3.8, 4) is 0 Å². The van der Waals surface area contributed by atoms with Gasteiger partial charge in [0.25, 0.3) is 0 Å². The maximum absolute atomic E-state index is 13.0. The number of aromatic nitrogens is 2. The number of rotatable bonds is 1. The Bertz CT molecular complexity index is 698. The van der Waals surface area contributed by atoms with E-state index < -0.39 is 0 Å². The molecule has 2 aliphatic rings. The third kappa shape index (κ3) is 2.02. The van der Waals surface area contributed by atoms with E-state index in [1.165, 1.54) is 11.1 Å². The highest BCUT2D eigenvalue weighted by atomic mass is 16.2. The highest BCUT2D eigenvalue weighted by Crippen LogP contribution is 2.35. The predicted molar refractivity (Wildman–Crippen MR) is 80.2 cm³/mol. The monoisotopic (exact) mass is 279 g/mol. The topological polar surface area (TPSA) is 46.1 Å². The normalized spacial score (nSPS) is 20.0. The molecule has 0 spiro atoms. The van der Waals surface area contributed by atoms with Crippen molar-refractivity contribution in [3.05, 3.63) is 53.6 Å². The first-order valence-corrected chi connectivity index (χ1v) is 7.52. The SMILES string of the molecule is O=C(C1CCCc2cccnc21)N1CCc2cnccc21.